The van der Waals surface area contributed by atoms with Crippen LogP contribution in [0.5, 0.6) is 5.88 Å². The number of ether oxygens (including phenoxy) is 1. The maximum Gasteiger partial charge on any atom is 0.261 e. The van der Waals surface area contributed by atoms with Gasteiger partial charge in [-0.25, -0.2) is 0 Å². The number of quaternary nitrogens is 2. The Morgan fingerprint density at radius 2 is 1.50 bits per heavy atom. The highest BCUT2D eigenvalue weighted by atomic mass is 16.5. The van der Waals surface area contributed by atoms with Gasteiger partial charge in [0.1, 0.15) is 12.8 Å². The predicted octanol–water partition coefficient (Wildman–Crippen LogP) is 2.68. The second-order valence-corrected chi connectivity index (χ2v) is 10.0. The molecule has 0 N–H and O–H groups in total. The molecule has 0 fully saturated rings. The smallest absolute Gasteiger partial charge is 0.261 e. The third-order valence-electron chi connectivity index (χ3n) is 6.14. The fourth-order valence-corrected chi connectivity index (χ4v) is 4.08. The summed E-state index contributed by atoms with van der Waals surface area (Å²) < 4.78 is 11.8. The summed E-state index contributed by atoms with van der Waals surface area (Å²) in [5.74, 6) is 6.33. The van der Waals surface area contributed by atoms with Gasteiger partial charge in [-0.05, 0) is 23.2 Å². The molecule has 0 saturated heterocycles. The van der Waals surface area contributed by atoms with Crippen molar-refractivity contribution in [3.05, 3.63) is 47.7 Å². The number of unbranched alkanes of at least 4 members (excludes halogenated alkanes) is 1. The number of carbonyl (C=O) groups is 2. The van der Waals surface area contributed by atoms with E-state index in [0.29, 0.717) is 30.2 Å². The van der Waals surface area contributed by atoms with Crippen molar-refractivity contribution in [2.45, 2.75) is 19.3 Å². The summed E-state index contributed by atoms with van der Waals surface area (Å²) in [6, 6.07) is 8.72. The van der Waals surface area contributed by atoms with Gasteiger partial charge < -0.3 is 18.2 Å². The first-order chi connectivity index (χ1) is 16.2. The number of fused-ring (bicyclic) bond motifs is 1. The molecule has 1 aliphatic rings. The van der Waals surface area contributed by atoms with Crippen LogP contribution in [0.25, 0.3) is 0 Å². The monoisotopic (exact) mass is 468 g/mol. The summed E-state index contributed by atoms with van der Waals surface area (Å²) in [5, 5.41) is 3.68. The fraction of sp³-hybridized carbons (Fsp3) is 0.500. The highest BCUT2D eigenvalue weighted by Gasteiger charge is 2.34. The van der Waals surface area contributed by atoms with Gasteiger partial charge in [-0.3, -0.25) is 14.5 Å². The first-order valence-electron chi connectivity index (χ1n) is 11.8. The number of hydrogen-bond acceptors (Lipinski definition) is 5. The van der Waals surface area contributed by atoms with E-state index in [1.807, 2.05) is 0 Å². The number of amides is 2. The van der Waals surface area contributed by atoms with Crippen LogP contribution in [0.2, 0.25) is 0 Å². The first-order valence-corrected chi connectivity index (χ1v) is 11.8. The van der Waals surface area contributed by atoms with Crippen molar-refractivity contribution in [1.29, 1.82) is 0 Å². The number of nitrogens with zero attached hydrogens (tertiary/aromatic N) is 4. The predicted molar refractivity (Wildman–Crippen MR) is 129 cm³/mol. The Morgan fingerprint density at radius 3 is 2.12 bits per heavy atom. The molecule has 0 aliphatic carbocycles. The van der Waals surface area contributed by atoms with Crippen molar-refractivity contribution >= 4 is 11.8 Å². The summed E-state index contributed by atoms with van der Waals surface area (Å²) in [6.07, 6.45) is 4.50. The molecule has 0 atom stereocenters. The third kappa shape index (κ3) is 7.17. The molecule has 1 aromatic heterocycles. The Bertz CT molecular complexity index is 1000. The molecule has 2 amide bonds. The molecule has 0 bridgehead atoms. The molecule has 0 saturated carbocycles. The zero-order valence-electron chi connectivity index (χ0n) is 20.7. The van der Waals surface area contributed by atoms with E-state index in [-0.39, 0.29) is 11.8 Å². The van der Waals surface area contributed by atoms with Gasteiger partial charge in [-0.1, -0.05) is 18.1 Å². The van der Waals surface area contributed by atoms with E-state index in [1.54, 1.807) is 30.3 Å². The highest BCUT2D eigenvalue weighted by Crippen LogP contribution is 2.22. The van der Waals surface area contributed by atoms with Gasteiger partial charge in [0.25, 0.3) is 17.7 Å². The second-order valence-electron chi connectivity index (χ2n) is 10.0. The van der Waals surface area contributed by atoms with Gasteiger partial charge in [-0.15, -0.1) is 0 Å². The molecule has 3 rings (SSSR count). The number of benzene rings is 1. The number of aromatic nitrogens is 1. The molecule has 2 aromatic rings. The minimum atomic E-state index is -0.168. The van der Waals surface area contributed by atoms with Gasteiger partial charge in [0.2, 0.25) is 0 Å². The minimum absolute atomic E-state index is 0.168. The molecule has 0 radical (unpaired) electrons. The number of hydrogen-bond donors (Lipinski definition) is 0. The van der Waals surface area contributed by atoms with Crippen LogP contribution < -0.4 is 4.74 Å². The largest absolute Gasteiger partial charge is 0.462 e. The van der Waals surface area contributed by atoms with Crippen molar-refractivity contribution in [2.24, 2.45) is 0 Å². The lowest BCUT2D eigenvalue weighted by molar-refractivity contribution is -0.894. The number of rotatable bonds is 12. The zero-order valence-corrected chi connectivity index (χ0v) is 20.7. The van der Waals surface area contributed by atoms with Crippen LogP contribution in [0, 0.1) is 11.8 Å². The maximum atomic E-state index is 12.5. The molecule has 2 heterocycles. The standard InChI is InChI=1S/C26H36N4O4/c1-29(2,18-9-10-20-33-24-14-21-34-27-24)16-7-8-17-30(3,4)19-11-15-28-25(31)22-12-5-6-13-23(22)26(28)32/h5-6,12-14,21H,7-8,11,15-20H2,1-4H3/q+2. The van der Waals surface area contributed by atoms with Gasteiger partial charge >= 0.3 is 0 Å². The van der Waals surface area contributed by atoms with Gasteiger partial charge in [0, 0.05) is 31.9 Å². The van der Waals surface area contributed by atoms with Crippen LogP contribution in [0.3, 0.4) is 0 Å². The quantitative estimate of drug-likeness (QED) is 0.207. The summed E-state index contributed by atoms with van der Waals surface area (Å²) in [6.45, 7) is 4.56. The van der Waals surface area contributed by atoms with Crippen LogP contribution in [0.4, 0.5) is 0 Å². The Hall–Kier alpha value is -3.15. The molecular weight excluding hydrogens is 432 g/mol. The third-order valence-corrected chi connectivity index (χ3v) is 6.14. The van der Waals surface area contributed by atoms with Crippen molar-refractivity contribution in [3.63, 3.8) is 0 Å². The lowest BCUT2D eigenvalue weighted by atomic mass is 10.1. The van der Waals surface area contributed by atoms with Crippen molar-refractivity contribution in [2.75, 3.05) is 67.5 Å². The molecule has 1 aromatic carbocycles. The first kappa shape index (κ1) is 25.5. The highest BCUT2D eigenvalue weighted by molar-refractivity contribution is 6.21. The van der Waals surface area contributed by atoms with Crippen LogP contribution in [0.1, 0.15) is 40.0 Å². The number of carbonyl (C=O) groups excluding carboxylic acids is 2. The molecule has 0 unspecified atom stereocenters. The van der Waals surface area contributed by atoms with E-state index in [4.69, 9.17) is 9.26 Å². The summed E-state index contributed by atoms with van der Waals surface area (Å²) in [5.41, 5.74) is 1.04. The van der Waals surface area contributed by atoms with Crippen LogP contribution in [-0.4, -0.2) is 98.4 Å². The molecule has 0 spiro atoms. The van der Waals surface area contributed by atoms with E-state index in [2.05, 4.69) is 45.2 Å². The van der Waals surface area contributed by atoms with E-state index >= 15 is 0 Å². The van der Waals surface area contributed by atoms with Crippen molar-refractivity contribution in [1.82, 2.24) is 10.1 Å². The summed E-state index contributed by atoms with van der Waals surface area (Å²) in [7, 11) is 8.80. The molecule has 8 heteroatoms. The van der Waals surface area contributed by atoms with Gasteiger partial charge in [0.05, 0.1) is 59.0 Å². The topological polar surface area (TPSA) is 72.6 Å². The second kappa shape index (κ2) is 11.3. The van der Waals surface area contributed by atoms with Gasteiger partial charge in [-0.2, -0.15) is 0 Å². The van der Waals surface area contributed by atoms with E-state index in [0.717, 1.165) is 54.4 Å². The normalized spacial score (nSPS) is 13.6. The van der Waals surface area contributed by atoms with Crippen molar-refractivity contribution < 1.29 is 27.8 Å². The summed E-state index contributed by atoms with van der Waals surface area (Å²) >= 11 is 0. The Labute approximate surface area is 202 Å². The van der Waals surface area contributed by atoms with Gasteiger partial charge in [0.15, 0.2) is 6.61 Å². The Kier molecular flexibility index (Phi) is 8.48. The lowest BCUT2D eigenvalue weighted by Crippen LogP contribution is -2.44. The summed E-state index contributed by atoms with van der Waals surface area (Å²) in [4.78, 5) is 26.4. The Morgan fingerprint density at radius 1 is 0.882 bits per heavy atom. The maximum absolute atomic E-state index is 12.5. The molecule has 34 heavy (non-hydrogen) atoms. The number of imide groups is 1. The average Bonchev–Trinajstić information content (AvgIpc) is 3.39. The zero-order chi connectivity index (χ0) is 24.6. The molecule has 8 nitrogen and oxygen atoms in total. The molecular formula is C26H36N4O4+2. The minimum Gasteiger partial charge on any atom is -0.462 e. The Balaban J connectivity index is 1.31. The lowest BCUT2D eigenvalue weighted by Gasteiger charge is -2.32. The van der Waals surface area contributed by atoms with Crippen LogP contribution in [-0.2, 0) is 0 Å². The fourth-order valence-electron chi connectivity index (χ4n) is 4.08. The average molecular weight is 469 g/mol. The van der Waals surface area contributed by atoms with E-state index in [1.165, 1.54) is 11.2 Å². The SMILES string of the molecule is C[N+](C)(CC#CCOc1ccon1)CCCC[N+](C)(C)CCCN1C(=O)c2ccccc2C1=O. The van der Waals surface area contributed by atoms with Crippen LogP contribution in [0.15, 0.2) is 41.1 Å². The molecule has 182 valence electrons. The van der Waals surface area contributed by atoms with Crippen LogP contribution >= 0.6 is 0 Å². The van der Waals surface area contributed by atoms with E-state index in [9.17, 15) is 9.59 Å². The van der Waals surface area contributed by atoms with E-state index < -0.39 is 0 Å². The molecule has 1 aliphatic heterocycles. The van der Waals surface area contributed by atoms with Crippen molar-refractivity contribution in [3.8, 4) is 17.7 Å².